The van der Waals surface area contributed by atoms with Gasteiger partial charge in [-0.15, -0.1) is 10.2 Å². The number of alkyl halides is 3. The van der Waals surface area contributed by atoms with E-state index in [1.54, 1.807) is 11.6 Å². The Morgan fingerprint density at radius 3 is 2.26 bits per heavy atom. The summed E-state index contributed by atoms with van der Waals surface area (Å²) in [5.41, 5.74) is -1.68. The third-order valence-corrected chi connectivity index (χ3v) is 4.90. The highest BCUT2D eigenvalue weighted by atomic mass is 32.2. The quantitative estimate of drug-likeness (QED) is 0.896. The van der Waals surface area contributed by atoms with Crippen LogP contribution in [0.5, 0.6) is 0 Å². The summed E-state index contributed by atoms with van der Waals surface area (Å²) in [5.74, 6) is -0.999. The number of nitrogens with zero attached hydrogens (tertiary/aromatic N) is 4. The van der Waals surface area contributed by atoms with E-state index in [0.29, 0.717) is 22.3 Å². The molecule has 2 aromatic rings. The number of rotatable bonds is 3. The molecule has 0 bridgehead atoms. The lowest BCUT2D eigenvalue weighted by atomic mass is 9.96. The van der Waals surface area contributed by atoms with Gasteiger partial charge in [0.15, 0.2) is 15.2 Å². The predicted octanol–water partition coefficient (Wildman–Crippen LogP) is 3.44. The highest BCUT2D eigenvalue weighted by molar-refractivity contribution is 8.00. The minimum atomic E-state index is -4.82. The minimum absolute atomic E-state index is 0.0503. The molecule has 2 rings (SSSR count). The van der Waals surface area contributed by atoms with Crippen LogP contribution in [0.25, 0.3) is 0 Å². The van der Waals surface area contributed by atoms with Crippen molar-refractivity contribution in [3.05, 3.63) is 16.4 Å². The number of aromatic carboxylic acids is 1. The highest BCUT2D eigenvalue weighted by Crippen LogP contribution is 2.39. The standard InChI is InChI=1S/C12H13F3N4O2S2/c1-11(2,3)8-17-18-9(19(8)4)23-10-16-6(12(13,14)15)5(22-10)7(20)21/h1-4H3,(H,20,21). The normalized spacial score (nSPS) is 12.7. The van der Waals surface area contributed by atoms with Gasteiger partial charge in [-0.25, -0.2) is 9.78 Å². The first-order valence-electron chi connectivity index (χ1n) is 6.30. The Hall–Kier alpha value is -1.62. The van der Waals surface area contributed by atoms with Crippen LogP contribution >= 0.6 is 23.1 Å². The monoisotopic (exact) mass is 366 g/mol. The summed E-state index contributed by atoms with van der Waals surface area (Å²) in [4.78, 5) is 13.5. The Bertz CT molecular complexity index is 747. The minimum Gasteiger partial charge on any atom is -0.477 e. The highest BCUT2D eigenvalue weighted by Gasteiger charge is 2.40. The smallest absolute Gasteiger partial charge is 0.435 e. The van der Waals surface area contributed by atoms with Crippen LogP contribution in [0.3, 0.4) is 0 Å². The topological polar surface area (TPSA) is 80.9 Å². The van der Waals surface area contributed by atoms with Crippen LogP contribution in [-0.2, 0) is 18.6 Å². The Kier molecular flexibility index (Phi) is 4.46. The van der Waals surface area contributed by atoms with Crippen molar-refractivity contribution >= 4 is 29.1 Å². The Balaban J connectivity index is 2.39. The molecule has 0 unspecified atom stereocenters. The summed E-state index contributed by atoms with van der Waals surface area (Å²) >= 11 is 1.32. The molecule has 0 aliphatic carbocycles. The molecule has 0 saturated heterocycles. The number of hydrogen-bond donors (Lipinski definition) is 1. The van der Waals surface area contributed by atoms with Crippen LogP contribution in [0.2, 0.25) is 0 Å². The lowest BCUT2D eigenvalue weighted by Crippen LogP contribution is -2.17. The zero-order valence-electron chi connectivity index (χ0n) is 12.6. The van der Waals surface area contributed by atoms with Gasteiger partial charge in [-0.2, -0.15) is 13.2 Å². The predicted molar refractivity (Wildman–Crippen MR) is 77.9 cm³/mol. The molecule has 0 radical (unpaired) electrons. The van der Waals surface area contributed by atoms with Crippen LogP contribution < -0.4 is 0 Å². The van der Waals surface area contributed by atoms with E-state index in [-0.39, 0.29) is 9.75 Å². The van der Waals surface area contributed by atoms with Gasteiger partial charge in [0, 0.05) is 12.5 Å². The van der Waals surface area contributed by atoms with Gasteiger partial charge in [-0.3, -0.25) is 0 Å². The van der Waals surface area contributed by atoms with Crippen molar-refractivity contribution in [3.8, 4) is 0 Å². The molecular formula is C12H13F3N4O2S2. The third kappa shape index (κ3) is 3.66. The number of halogens is 3. The molecule has 0 saturated carbocycles. The molecule has 0 aliphatic heterocycles. The van der Waals surface area contributed by atoms with Crippen molar-refractivity contribution in [3.63, 3.8) is 0 Å². The zero-order chi connectivity index (χ0) is 17.6. The summed E-state index contributed by atoms with van der Waals surface area (Å²) in [6.45, 7) is 5.79. The second-order valence-corrected chi connectivity index (χ2v) is 7.89. The molecule has 0 aromatic carbocycles. The number of carboxylic acid groups (broad SMARTS) is 1. The molecule has 11 heteroatoms. The maximum Gasteiger partial charge on any atom is 0.435 e. The van der Waals surface area contributed by atoms with Crippen LogP contribution in [0.15, 0.2) is 9.50 Å². The summed E-state index contributed by atoms with van der Waals surface area (Å²) < 4.78 is 40.1. The first-order valence-corrected chi connectivity index (χ1v) is 7.93. The van der Waals surface area contributed by atoms with Gasteiger partial charge in [-0.05, 0) is 11.8 Å². The molecule has 0 spiro atoms. The van der Waals surface area contributed by atoms with Crippen molar-refractivity contribution in [2.45, 2.75) is 41.9 Å². The van der Waals surface area contributed by atoms with E-state index in [4.69, 9.17) is 5.11 Å². The van der Waals surface area contributed by atoms with E-state index in [1.165, 1.54) is 0 Å². The largest absolute Gasteiger partial charge is 0.477 e. The summed E-state index contributed by atoms with van der Waals surface area (Å²) in [5, 5.41) is 17.2. The van der Waals surface area contributed by atoms with Gasteiger partial charge >= 0.3 is 12.1 Å². The van der Waals surface area contributed by atoms with Gasteiger partial charge in [0.05, 0.1) is 0 Å². The number of carbonyl (C=O) groups is 1. The SMILES string of the molecule is Cn1c(Sc2nc(C(F)(F)F)c(C(=O)O)s2)nnc1C(C)(C)C. The van der Waals surface area contributed by atoms with Crippen molar-refractivity contribution < 1.29 is 23.1 Å². The van der Waals surface area contributed by atoms with E-state index in [2.05, 4.69) is 15.2 Å². The molecule has 126 valence electrons. The summed E-state index contributed by atoms with van der Waals surface area (Å²) in [6, 6.07) is 0. The number of carboxylic acids is 1. The van der Waals surface area contributed by atoms with Crippen LogP contribution in [0, 0.1) is 0 Å². The van der Waals surface area contributed by atoms with E-state index in [0.717, 1.165) is 11.8 Å². The second kappa shape index (κ2) is 5.78. The van der Waals surface area contributed by atoms with E-state index in [9.17, 15) is 18.0 Å². The molecule has 2 heterocycles. The molecule has 0 aliphatic rings. The van der Waals surface area contributed by atoms with E-state index >= 15 is 0 Å². The number of hydrogen-bond acceptors (Lipinski definition) is 6. The number of aromatic nitrogens is 4. The molecule has 23 heavy (non-hydrogen) atoms. The van der Waals surface area contributed by atoms with Crippen molar-refractivity contribution in [1.29, 1.82) is 0 Å². The lowest BCUT2D eigenvalue weighted by molar-refractivity contribution is -0.141. The van der Waals surface area contributed by atoms with Crippen LogP contribution in [-0.4, -0.2) is 30.8 Å². The zero-order valence-corrected chi connectivity index (χ0v) is 14.2. The van der Waals surface area contributed by atoms with Gasteiger partial charge in [-0.1, -0.05) is 32.1 Å². The second-order valence-electron chi connectivity index (χ2n) is 5.68. The maximum absolute atomic E-state index is 12.8. The average Bonchev–Trinajstić information content (AvgIpc) is 2.93. The van der Waals surface area contributed by atoms with Gasteiger partial charge in [0.25, 0.3) is 0 Å². The van der Waals surface area contributed by atoms with Gasteiger partial charge in [0.2, 0.25) is 0 Å². The lowest BCUT2D eigenvalue weighted by Gasteiger charge is -2.16. The first kappa shape index (κ1) is 17.7. The molecule has 6 nitrogen and oxygen atoms in total. The Morgan fingerprint density at radius 2 is 1.87 bits per heavy atom. The number of thiazole rings is 1. The first-order chi connectivity index (χ1) is 10.4. The maximum atomic E-state index is 12.8. The van der Waals surface area contributed by atoms with E-state index in [1.807, 2.05) is 20.8 Å². The molecular weight excluding hydrogens is 353 g/mol. The fourth-order valence-corrected chi connectivity index (χ4v) is 3.71. The molecule has 0 fully saturated rings. The van der Waals surface area contributed by atoms with Crippen molar-refractivity contribution in [2.24, 2.45) is 7.05 Å². The average molecular weight is 366 g/mol. The van der Waals surface area contributed by atoms with Crippen LogP contribution in [0.4, 0.5) is 13.2 Å². The molecule has 1 N–H and O–H groups in total. The Labute approximate surface area is 137 Å². The van der Waals surface area contributed by atoms with Crippen LogP contribution in [0.1, 0.15) is 42.0 Å². The third-order valence-electron chi connectivity index (χ3n) is 2.75. The summed E-state index contributed by atoms with van der Waals surface area (Å²) in [7, 11) is 1.69. The molecule has 0 atom stereocenters. The molecule has 0 amide bonds. The van der Waals surface area contributed by atoms with Gasteiger partial charge < -0.3 is 9.67 Å². The van der Waals surface area contributed by atoms with Crippen molar-refractivity contribution in [1.82, 2.24) is 19.7 Å². The van der Waals surface area contributed by atoms with Crippen molar-refractivity contribution in [2.75, 3.05) is 0 Å². The fourth-order valence-electron chi connectivity index (χ4n) is 1.82. The summed E-state index contributed by atoms with van der Waals surface area (Å²) in [6.07, 6.45) is -4.82. The fraction of sp³-hybridized carbons (Fsp3) is 0.500. The molecule has 2 aromatic heterocycles. The van der Waals surface area contributed by atoms with Gasteiger partial charge in [0.1, 0.15) is 10.7 Å². The Morgan fingerprint density at radius 1 is 1.26 bits per heavy atom. The van der Waals surface area contributed by atoms with E-state index < -0.39 is 22.7 Å².